The Morgan fingerprint density at radius 3 is 2.76 bits per heavy atom. The molecule has 9 heteroatoms. The van der Waals surface area contributed by atoms with E-state index in [9.17, 15) is 13.2 Å². The number of nitrogens with two attached hydrogens (primary N) is 1. The van der Waals surface area contributed by atoms with Crippen molar-refractivity contribution in [1.82, 2.24) is 4.98 Å². The molecule has 0 radical (unpaired) electrons. The highest BCUT2D eigenvalue weighted by Crippen LogP contribution is 2.32. The molecule has 0 fully saturated rings. The molecule has 3 N–H and O–H groups in total. The van der Waals surface area contributed by atoms with Crippen LogP contribution in [0.25, 0.3) is 0 Å². The van der Waals surface area contributed by atoms with E-state index >= 15 is 0 Å². The van der Waals surface area contributed by atoms with Crippen LogP contribution in [0.1, 0.15) is 16.7 Å². The SMILES string of the molecule is N#Cc1ccc(C=NNc2nc(N)cs2)cc1C(F)(F)F. The second-order valence-corrected chi connectivity index (χ2v) is 4.72. The molecular formula is C12H8F3N5S. The van der Waals surface area contributed by atoms with Crippen LogP contribution in [0, 0.1) is 11.3 Å². The number of anilines is 2. The number of aromatic nitrogens is 1. The van der Waals surface area contributed by atoms with Crippen LogP contribution in [-0.4, -0.2) is 11.2 Å². The molecule has 0 amide bonds. The van der Waals surface area contributed by atoms with E-state index in [1.807, 2.05) is 0 Å². The van der Waals surface area contributed by atoms with E-state index in [-0.39, 0.29) is 5.56 Å². The van der Waals surface area contributed by atoms with E-state index in [1.54, 1.807) is 5.38 Å². The van der Waals surface area contributed by atoms with Crippen LogP contribution in [0.2, 0.25) is 0 Å². The summed E-state index contributed by atoms with van der Waals surface area (Å²) < 4.78 is 38.3. The van der Waals surface area contributed by atoms with E-state index in [4.69, 9.17) is 11.0 Å². The van der Waals surface area contributed by atoms with Gasteiger partial charge in [-0.15, -0.1) is 11.3 Å². The second kappa shape index (κ2) is 5.80. The summed E-state index contributed by atoms with van der Waals surface area (Å²) in [5.41, 5.74) is 6.75. The van der Waals surface area contributed by atoms with Crippen LogP contribution in [0.3, 0.4) is 0 Å². The van der Waals surface area contributed by atoms with Crippen LogP contribution in [-0.2, 0) is 6.18 Å². The summed E-state index contributed by atoms with van der Waals surface area (Å²) in [5, 5.41) is 14.5. The highest BCUT2D eigenvalue weighted by atomic mass is 32.1. The Hall–Kier alpha value is -2.60. The van der Waals surface area contributed by atoms with Crippen molar-refractivity contribution in [3.8, 4) is 6.07 Å². The van der Waals surface area contributed by atoms with Gasteiger partial charge in [-0.2, -0.15) is 23.5 Å². The van der Waals surface area contributed by atoms with Crippen molar-refractivity contribution >= 4 is 28.5 Å². The number of nitriles is 1. The number of hydrogen-bond acceptors (Lipinski definition) is 6. The smallest absolute Gasteiger partial charge is 0.383 e. The minimum absolute atomic E-state index is 0.207. The number of benzene rings is 1. The summed E-state index contributed by atoms with van der Waals surface area (Å²) in [6.07, 6.45) is -3.39. The average Bonchev–Trinajstić information content (AvgIpc) is 2.83. The van der Waals surface area contributed by atoms with Gasteiger partial charge in [-0.05, 0) is 17.7 Å². The summed E-state index contributed by atoms with van der Waals surface area (Å²) in [6, 6.07) is 4.85. The number of nitrogen functional groups attached to an aromatic ring is 1. The van der Waals surface area contributed by atoms with Gasteiger partial charge < -0.3 is 5.73 Å². The van der Waals surface area contributed by atoms with E-state index < -0.39 is 17.3 Å². The van der Waals surface area contributed by atoms with Crippen molar-refractivity contribution in [3.05, 3.63) is 40.3 Å². The van der Waals surface area contributed by atoms with Crippen LogP contribution < -0.4 is 11.2 Å². The summed E-state index contributed by atoms with van der Waals surface area (Å²) in [7, 11) is 0. The first kappa shape index (κ1) is 14.8. The average molecular weight is 311 g/mol. The number of thiazole rings is 1. The number of alkyl halides is 3. The molecule has 0 atom stereocenters. The van der Waals surface area contributed by atoms with Gasteiger partial charge in [0.15, 0.2) is 0 Å². The monoisotopic (exact) mass is 311 g/mol. The molecule has 1 aromatic carbocycles. The van der Waals surface area contributed by atoms with Gasteiger partial charge in [-0.3, -0.25) is 5.43 Å². The topological polar surface area (TPSA) is 87.1 Å². The second-order valence-electron chi connectivity index (χ2n) is 3.86. The lowest BCUT2D eigenvalue weighted by Crippen LogP contribution is -2.08. The molecule has 108 valence electrons. The van der Waals surface area contributed by atoms with Crippen molar-refractivity contribution in [2.75, 3.05) is 11.2 Å². The van der Waals surface area contributed by atoms with Gasteiger partial charge >= 0.3 is 6.18 Å². The zero-order valence-electron chi connectivity index (χ0n) is 10.3. The highest BCUT2D eigenvalue weighted by molar-refractivity contribution is 7.14. The minimum atomic E-state index is -4.59. The lowest BCUT2D eigenvalue weighted by Gasteiger charge is -2.08. The molecule has 1 heterocycles. The number of halogens is 3. The lowest BCUT2D eigenvalue weighted by molar-refractivity contribution is -0.137. The first-order chi connectivity index (χ1) is 9.90. The summed E-state index contributed by atoms with van der Waals surface area (Å²) in [5.74, 6) is 0.329. The Morgan fingerprint density at radius 1 is 1.43 bits per heavy atom. The molecule has 0 spiro atoms. The van der Waals surface area contributed by atoms with Crippen LogP contribution in [0.5, 0.6) is 0 Å². The van der Waals surface area contributed by atoms with E-state index in [1.165, 1.54) is 29.7 Å². The molecular weight excluding hydrogens is 303 g/mol. The Kier molecular flexibility index (Phi) is 4.09. The fraction of sp³-hybridized carbons (Fsp3) is 0.0833. The molecule has 2 rings (SSSR count). The largest absolute Gasteiger partial charge is 0.417 e. The lowest BCUT2D eigenvalue weighted by atomic mass is 10.0. The van der Waals surface area contributed by atoms with Crippen LogP contribution in [0.15, 0.2) is 28.7 Å². The molecule has 1 aromatic heterocycles. The molecule has 0 aliphatic heterocycles. The quantitative estimate of drug-likeness (QED) is 0.673. The zero-order valence-corrected chi connectivity index (χ0v) is 11.2. The van der Waals surface area contributed by atoms with Crippen molar-refractivity contribution in [2.24, 2.45) is 5.10 Å². The van der Waals surface area contributed by atoms with E-state index in [0.29, 0.717) is 10.9 Å². The predicted molar refractivity (Wildman–Crippen MR) is 73.9 cm³/mol. The normalized spacial score (nSPS) is 11.5. The molecule has 0 unspecified atom stereocenters. The third kappa shape index (κ3) is 3.70. The first-order valence-electron chi connectivity index (χ1n) is 5.51. The fourth-order valence-corrected chi connectivity index (χ4v) is 2.02. The molecule has 0 saturated carbocycles. The Balaban J connectivity index is 2.19. The van der Waals surface area contributed by atoms with Crippen molar-refractivity contribution in [2.45, 2.75) is 6.18 Å². The Labute approximate surface area is 121 Å². The fourth-order valence-electron chi connectivity index (χ4n) is 1.47. The molecule has 2 aromatic rings. The third-order valence-electron chi connectivity index (χ3n) is 2.37. The van der Waals surface area contributed by atoms with Gasteiger partial charge in [0.05, 0.1) is 23.4 Å². The zero-order chi connectivity index (χ0) is 15.5. The first-order valence-corrected chi connectivity index (χ1v) is 6.39. The summed E-state index contributed by atoms with van der Waals surface area (Å²) in [4.78, 5) is 3.87. The maximum atomic E-state index is 12.8. The van der Waals surface area contributed by atoms with Gasteiger partial charge in [0.1, 0.15) is 5.82 Å². The number of nitrogens with one attached hydrogen (secondary N) is 1. The number of rotatable bonds is 3. The third-order valence-corrected chi connectivity index (χ3v) is 3.13. The van der Waals surface area contributed by atoms with Gasteiger partial charge in [0.2, 0.25) is 5.13 Å². The number of nitrogens with zero attached hydrogens (tertiary/aromatic N) is 3. The highest BCUT2D eigenvalue weighted by Gasteiger charge is 2.33. The maximum Gasteiger partial charge on any atom is 0.417 e. The van der Waals surface area contributed by atoms with Crippen LogP contribution >= 0.6 is 11.3 Å². The minimum Gasteiger partial charge on any atom is -0.383 e. The Morgan fingerprint density at radius 2 is 2.19 bits per heavy atom. The Bertz CT molecular complexity index is 714. The van der Waals surface area contributed by atoms with Crippen molar-refractivity contribution < 1.29 is 13.2 Å². The molecule has 0 aliphatic rings. The molecule has 0 aliphatic carbocycles. The molecule has 0 bridgehead atoms. The van der Waals surface area contributed by atoms with Crippen molar-refractivity contribution in [3.63, 3.8) is 0 Å². The van der Waals surface area contributed by atoms with Crippen LogP contribution in [0.4, 0.5) is 24.1 Å². The standard InChI is InChI=1S/C12H8F3N5S/c13-12(14,15)9-3-7(1-2-8(9)4-16)5-18-20-11-19-10(17)6-21-11/h1-3,5-6H,17H2,(H,19,20). The molecule has 5 nitrogen and oxygen atoms in total. The summed E-state index contributed by atoms with van der Waals surface area (Å²) in [6.45, 7) is 0. The molecule has 21 heavy (non-hydrogen) atoms. The van der Waals surface area contributed by atoms with E-state index in [0.717, 1.165) is 12.1 Å². The van der Waals surface area contributed by atoms with Gasteiger partial charge in [0, 0.05) is 5.38 Å². The molecule has 0 saturated heterocycles. The van der Waals surface area contributed by atoms with E-state index in [2.05, 4.69) is 15.5 Å². The number of hydrogen-bond donors (Lipinski definition) is 2. The van der Waals surface area contributed by atoms with Gasteiger partial charge in [0.25, 0.3) is 0 Å². The predicted octanol–water partition coefficient (Wildman–Crippen LogP) is 3.06. The van der Waals surface area contributed by atoms with Gasteiger partial charge in [-0.25, -0.2) is 4.98 Å². The summed E-state index contributed by atoms with van der Waals surface area (Å²) >= 11 is 1.21. The van der Waals surface area contributed by atoms with Crippen molar-refractivity contribution in [1.29, 1.82) is 5.26 Å². The number of hydrazone groups is 1. The van der Waals surface area contributed by atoms with Gasteiger partial charge in [-0.1, -0.05) is 6.07 Å². The maximum absolute atomic E-state index is 12.8.